The van der Waals surface area contributed by atoms with Crippen molar-refractivity contribution in [1.29, 1.82) is 0 Å². The normalized spacial score (nSPS) is 13.9. The summed E-state index contributed by atoms with van der Waals surface area (Å²) >= 11 is 0. The fraction of sp³-hybridized carbons (Fsp3) is 0.0962. The number of fused-ring (bicyclic) bond motifs is 5. The molecular formula is C52H42N2. The van der Waals surface area contributed by atoms with Crippen LogP contribution in [0.15, 0.2) is 165 Å². The Hall–Kier alpha value is -6.51. The quantitative estimate of drug-likeness (QED) is 0.109. The molecule has 0 aliphatic heterocycles. The van der Waals surface area contributed by atoms with Gasteiger partial charge in [-0.2, -0.15) is 0 Å². The van der Waals surface area contributed by atoms with Crippen molar-refractivity contribution in [3.63, 3.8) is 0 Å². The molecular weight excluding hydrogens is 653 g/mol. The second-order valence-corrected chi connectivity index (χ2v) is 14.3. The van der Waals surface area contributed by atoms with E-state index in [4.69, 9.17) is 4.98 Å². The molecule has 6 aromatic carbocycles. The lowest BCUT2D eigenvalue weighted by molar-refractivity contribution is 0.884. The van der Waals surface area contributed by atoms with E-state index in [1.165, 1.54) is 71.4 Å². The van der Waals surface area contributed by atoms with Crippen LogP contribution in [0.5, 0.6) is 0 Å². The van der Waals surface area contributed by atoms with Gasteiger partial charge in [-0.05, 0) is 146 Å². The Balaban J connectivity index is 1.19. The molecule has 1 aromatic heterocycles. The molecule has 54 heavy (non-hydrogen) atoms. The number of nitrogens with zero attached hydrogens (tertiary/aromatic N) is 2. The molecule has 0 spiro atoms. The molecule has 260 valence electrons. The van der Waals surface area contributed by atoms with Crippen LogP contribution >= 0.6 is 0 Å². The summed E-state index contributed by atoms with van der Waals surface area (Å²) in [5.74, 6) is 0.829. The molecule has 2 nitrogen and oxygen atoms in total. The molecule has 2 aliphatic carbocycles. The molecule has 0 fully saturated rings. The Morgan fingerprint density at radius 1 is 0.685 bits per heavy atom. The average Bonchev–Trinajstić information content (AvgIpc) is 3.86. The van der Waals surface area contributed by atoms with E-state index in [0.29, 0.717) is 0 Å². The number of hydrogen-bond acceptors (Lipinski definition) is 1. The van der Waals surface area contributed by atoms with Gasteiger partial charge in [0.15, 0.2) is 0 Å². The summed E-state index contributed by atoms with van der Waals surface area (Å²) in [7, 11) is 0. The maximum atomic E-state index is 5.01. The second kappa shape index (κ2) is 13.8. The number of allylic oxidation sites excluding steroid dienone is 11. The van der Waals surface area contributed by atoms with Gasteiger partial charge in [0.2, 0.25) is 0 Å². The van der Waals surface area contributed by atoms with Gasteiger partial charge >= 0.3 is 0 Å². The van der Waals surface area contributed by atoms with Crippen LogP contribution in [-0.2, 0) is 12.8 Å². The van der Waals surface area contributed by atoms with Gasteiger partial charge < -0.3 is 0 Å². The predicted octanol–water partition coefficient (Wildman–Crippen LogP) is 13.8. The predicted molar refractivity (Wildman–Crippen MR) is 233 cm³/mol. The van der Waals surface area contributed by atoms with Crippen molar-refractivity contribution >= 4 is 55.2 Å². The second-order valence-electron chi connectivity index (χ2n) is 14.3. The first kappa shape index (κ1) is 33.3. The van der Waals surface area contributed by atoms with Crippen LogP contribution in [-0.4, -0.2) is 9.55 Å². The van der Waals surface area contributed by atoms with Gasteiger partial charge in [-0.1, -0.05) is 135 Å². The first-order valence-corrected chi connectivity index (χ1v) is 18.9. The summed E-state index contributed by atoms with van der Waals surface area (Å²) in [5.41, 5.74) is 14.2. The zero-order valence-electron chi connectivity index (χ0n) is 30.9. The van der Waals surface area contributed by atoms with Crippen LogP contribution in [0.2, 0.25) is 0 Å². The molecule has 0 amide bonds. The summed E-state index contributed by atoms with van der Waals surface area (Å²) in [5, 5.41) is 7.65. The highest BCUT2D eigenvalue weighted by Gasteiger charge is 2.24. The van der Waals surface area contributed by atoms with E-state index in [9.17, 15) is 0 Å². The Morgan fingerprint density at radius 3 is 2.20 bits per heavy atom. The van der Waals surface area contributed by atoms with Crippen LogP contribution < -0.4 is 0 Å². The lowest BCUT2D eigenvalue weighted by Gasteiger charge is -2.19. The molecule has 1 heterocycles. The summed E-state index contributed by atoms with van der Waals surface area (Å²) in [6.45, 7) is 13.1. The van der Waals surface area contributed by atoms with E-state index in [2.05, 4.69) is 158 Å². The fourth-order valence-electron chi connectivity index (χ4n) is 8.14. The minimum absolute atomic E-state index is 0.829. The van der Waals surface area contributed by atoms with E-state index in [0.717, 1.165) is 53.2 Å². The summed E-state index contributed by atoms with van der Waals surface area (Å²) in [6, 6.07) is 38.4. The lowest BCUT2D eigenvalue weighted by Crippen LogP contribution is -2.05. The van der Waals surface area contributed by atoms with Crippen LogP contribution in [0.25, 0.3) is 77.5 Å². The number of rotatable bonds is 9. The lowest BCUT2D eigenvalue weighted by atomic mass is 9.84. The van der Waals surface area contributed by atoms with Gasteiger partial charge in [0.25, 0.3) is 0 Å². The molecule has 0 radical (unpaired) electrons. The Bertz CT molecular complexity index is 2830. The van der Waals surface area contributed by atoms with Crippen LogP contribution in [0.3, 0.4) is 0 Å². The van der Waals surface area contributed by atoms with Crippen molar-refractivity contribution in [3.05, 3.63) is 199 Å². The van der Waals surface area contributed by atoms with Gasteiger partial charge in [-0.15, -0.1) is 0 Å². The Morgan fingerprint density at radius 2 is 1.43 bits per heavy atom. The van der Waals surface area contributed by atoms with E-state index >= 15 is 0 Å². The third kappa shape index (κ3) is 5.90. The van der Waals surface area contributed by atoms with Crippen molar-refractivity contribution in [2.45, 2.75) is 33.1 Å². The fourth-order valence-corrected chi connectivity index (χ4v) is 8.14. The molecule has 0 unspecified atom stereocenters. The monoisotopic (exact) mass is 694 g/mol. The molecule has 2 heteroatoms. The number of aromatic nitrogens is 2. The van der Waals surface area contributed by atoms with Crippen molar-refractivity contribution in [1.82, 2.24) is 9.55 Å². The topological polar surface area (TPSA) is 17.8 Å². The number of imidazole rings is 1. The Kier molecular flexibility index (Phi) is 8.52. The zero-order chi connectivity index (χ0) is 36.8. The van der Waals surface area contributed by atoms with Crippen molar-refractivity contribution < 1.29 is 0 Å². The van der Waals surface area contributed by atoms with E-state index in [1.54, 1.807) is 0 Å². The molecule has 0 atom stereocenters. The van der Waals surface area contributed by atoms with Gasteiger partial charge in [-0.25, -0.2) is 4.98 Å². The molecule has 0 saturated carbocycles. The zero-order valence-corrected chi connectivity index (χ0v) is 30.9. The minimum atomic E-state index is 0.829. The first-order valence-electron chi connectivity index (χ1n) is 18.9. The van der Waals surface area contributed by atoms with Gasteiger partial charge in [0.1, 0.15) is 5.82 Å². The highest BCUT2D eigenvalue weighted by Crippen LogP contribution is 2.48. The molecule has 2 aliphatic rings. The van der Waals surface area contributed by atoms with Crippen molar-refractivity contribution in [2.75, 3.05) is 0 Å². The maximum absolute atomic E-state index is 5.01. The smallest absolute Gasteiger partial charge is 0.144 e. The highest BCUT2D eigenvalue weighted by atomic mass is 15.1. The summed E-state index contributed by atoms with van der Waals surface area (Å²) in [4.78, 5) is 5.01. The van der Waals surface area contributed by atoms with Crippen molar-refractivity contribution in [2.24, 2.45) is 0 Å². The summed E-state index contributed by atoms with van der Waals surface area (Å²) < 4.78 is 2.19. The molecule has 7 aromatic rings. The number of hydrogen-bond donors (Lipinski definition) is 0. The minimum Gasteiger partial charge on any atom is -0.297 e. The van der Waals surface area contributed by atoms with Gasteiger partial charge in [0.05, 0.1) is 11.4 Å². The average molecular weight is 695 g/mol. The molecule has 0 bridgehead atoms. The van der Waals surface area contributed by atoms with E-state index < -0.39 is 0 Å². The van der Waals surface area contributed by atoms with Crippen LogP contribution in [0, 0.1) is 0 Å². The maximum Gasteiger partial charge on any atom is 0.144 e. The van der Waals surface area contributed by atoms with E-state index in [-0.39, 0.29) is 0 Å². The SMILES string of the molecule is C=C(/C=C\C=C/C)c1nc2c(n1C(=C)/C=C\C(=C/C)c1ccc3c(-c4ccc5ccccc5c4)c4cc5c(cc4c(-c4ccccc4)c3c1)C5)CCC=C2. The highest BCUT2D eigenvalue weighted by molar-refractivity contribution is 6.22. The van der Waals surface area contributed by atoms with Gasteiger partial charge in [-0.3, -0.25) is 4.57 Å². The molecule has 0 N–H and O–H groups in total. The standard InChI is InChI=1S/C52H42N2/c1-5-7-9-16-34(3)52-53-48-21-14-15-22-49(48)54(52)35(4)23-24-36(6-2)40-27-28-44-45(31-40)50(38-18-10-8-11-19-38)46-32-42-30-43(42)33-47(46)51(44)41-26-25-37-17-12-13-20-39(37)29-41/h5-14,16-21,23-29,31-33H,3-4,15,22,30H2,1-2H3/b7-5-,16-9-,24-23-,36-6+. The third-order valence-electron chi connectivity index (χ3n) is 10.9. The third-order valence-corrected chi connectivity index (χ3v) is 10.9. The van der Waals surface area contributed by atoms with Crippen LogP contribution in [0.4, 0.5) is 0 Å². The van der Waals surface area contributed by atoms with E-state index in [1.807, 2.05) is 31.2 Å². The van der Waals surface area contributed by atoms with Crippen LogP contribution in [0.1, 0.15) is 54.2 Å². The Labute approximate surface area is 317 Å². The van der Waals surface area contributed by atoms with Gasteiger partial charge in [0, 0.05) is 11.3 Å². The first-order chi connectivity index (χ1) is 26.5. The molecule has 9 rings (SSSR count). The van der Waals surface area contributed by atoms with Crippen molar-refractivity contribution in [3.8, 4) is 22.3 Å². The molecule has 0 saturated heterocycles. The number of benzene rings is 6. The summed E-state index contributed by atoms with van der Waals surface area (Å²) in [6.07, 6.45) is 21.8. The largest absolute Gasteiger partial charge is 0.297 e.